The van der Waals surface area contributed by atoms with Gasteiger partial charge >= 0.3 is 0 Å². The summed E-state index contributed by atoms with van der Waals surface area (Å²) in [4.78, 5) is 17.0. The third-order valence-electron chi connectivity index (χ3n) is 3.57. The van der Waals surface area contributed by atoms with Crippen LogP contribution >= 0.6 is 23.2 Å². The number of nitrogens with one attached hydrogen (secondary N) is 1. The minimum Gasteiger partial charge on any atom is -0.340 e. The molecule has 1 amide bonds. The quantitative estimate of drug-likeness (QED) is 0.879. The van der Waals surface area contributed by atoms with Crippen molar-refractivity contribution in [2.24, 2.45) is 11.7 Å². The van der Waals surface area contributed by atoms with Gasteiger partial charge in [0, 0.05) is 19.1 Å². The first kappa shape index (κ1) is 13.7. The summed E-state index contributed by atoms with van der Waals surface area (Å²) in [6.07, 6.45) is 2.11. The number of amides is 1. The fraction of sp³-hybridized carbons (Fsp3) is 0.583. The molecule has 2 atom stereocenters. The smallest absolute Gasteiger partial charge is 0.270 e. The topological polar surface area (TPSA) is 62.1 Å². The molecule has 1 saturated heterocycles. The molecule has 3 N–H and O–H groups in total. The fourth-order valence-electron chi connectivity index (χ4n) is 2.53. The zero-order valence-corrected chi connectivity index (χ0v) is 11.8. The van der Waals surface area contributed by atoms with E-state index in [9.17, 15) is 4.79 Å². The van der Waals surface area contributed by atoms with Crippen LogP contribution < -0.4 is 5.73 Å². The molecular formula is C12H17Cl2N3O. The normalized spacial score (nSPS) is 24.3. The number of aromatic nitrogens is 1. The van der Waals surface area contributed by atoms with E-state index >= 15 is 0 Å². The molecule has 2 heterocycles. The van der Waals surface area contributed by atoms with Crippen LogP contribution in [-0.4, -0.2) is 34.9 Å². The molecule has 1 aromatic rings. The standard InChI is InChI=1S/C12H17Cl2N3O/c1-7-3-2-4-17(10(7)6-15)12(18)9-5-8(13)11(14)16-9/h5,7,10,16H,2-4,6,15H2,1H3. The molecule has 0 saturated carbocycles. The van der Waals surface area contributed by atoms with Crippen LogP contribution in [0.15, 0.2) is 6.07 Å². The second-order valence-electron chi connectivity index (χ2n) is 4.77. The Bertz CT molecular complexity index is 427. The van der Waals surface area contributed by atoms with Gasteiger partial charge in [-0.3, -0.25) is 4.79 Å². The summed E-state index contributed by atoms with van der Waals surface area (Å²) < 4.78 is 0. The molecule has 0 spiro atoms. The Labute approximate surface area is 116 Å². The zero-order chi connectivity index (χ0) is 13.3. The van der Waals surface area contributed by atoms with Crippen LogP contribution in [0.3, 0.4) is 0 Å². The van der Waals surface area contributed by atoms with E-state index in [0.717, 1.165) is 19.4 Å². The highest BCUT2D eigenvalue weighted by Crippen LogP contribution is 2.27. The molecule has 4 nitrogen and oxygen atoms in total. The SMILES string of the molecule is CC1CCCN(C(=O)c2cc(Cl)c(Cl)[nH]2)C1CN. The minimum absolute atomic E-state index is 0.0780. The van der Waals surface area contributed by atoms with Gasteiger partial charge in [0.1, 0.15) is 10.8 Å². The van der Waals surface area contributed by atoms with Gasteiger partial charge in [-0.15, -0.1) is 0 Å². The van der Waals surface area contributed by atoms with Crippen molar-refractivity contribution in [2.75, 3.05) is 13.1 Å². The van der Waals surface area contributed by atoms with Crippen LogP contribution in [0.4, 0.5) is 0 Å². The van der Waals surface area contributed by atoms with E-state index in [4.69, 9.17) is 28.9 Å². The lowest BCUT2D eigenvalue weighted by Gasteiger charge is -2.39. The first-order chi connectivity index (χ1) is 8.54. The van der Waals surface area contributed by atoms with E-state index in [1.165, 1.54) is 0 Å². The highest BCUT2D eigenvalue weighted by atomic mass is 35.5. The predicted octanol–water partition coefficient (Wildman–Crippen LogP) is 2.52. The van der Waals surface area contributed by atoms with E-state index in [1.807, 2.05) is 4.90 Å². The van der Waals surface area contributed by atoms with Crippen molar-refractivity contribution in [3.8, 4) is 0 Å². The minimum atomic E-state index is -0.0780. The highest BCUT2D eigenvalue weighted by Gasteiger charge is 2.32. The van der Waals surface area contributed by atoms with E-state index < -0.39 is 0 Å². The number of carbonyl (C=O) groups is 1. The summed E-state index contributed by atoms with van der Waals surface area (Å²) in [7, 11) is 0. The highest BCUT2D eigenvalue weighted by molar-refractivity contribution is 6.41. The molecular weight excluding hydrogens is 273 g/mol. The van der Waals surface area contributed by atoms with Gasteiger partial charge in [0.05, 0.1) is 5.02 Å². The van der Waals surface area contributed by atoms with Crippen molar-refractivity contribution >= 4 is 29.1 Å². The van der Waals surface area contributed by atoms with Gasteiger partial charge < -0.3 is 15.6 Å². The molecule has 100 valence electrons. The van der Waals surface area contributed by atoms with Gasteiger partial charge in [-0.25, -0.2) is 0 Å². The summed E-state index contributed by atoms with van der Waals surface area (Å²) in [6, 6.07) is 1.66. The fourth-order valence-corrected chi connectivity index (χ4v) is 2.85. The number of hydrogen-bond donors (Lipinski definition) is 2. The Hall–Kier alpha value is -0.710. The molecule has 2 rings (SSSR count). The Morgan fingerprint density at radius 3 is 2.89 bits per heavy atom. The average Bonchev–Trinajstić information content (AvgIpc) is 2.68. The van der Waals surface area contributed by atoms with E-state index in [1.54, 1.807) is 6.07 Å². The Balaban J connectivity index is 2.21. The molecule has 18 heavy (non-hydrogen) atoms. The first-order valence-electron chi connectivity index (χ1n) is 6.09. The summed E-state index contributed by atoms with van der Waals surface area (Å²) >= 11 is 11.7. The van der Waals surface area contributed by atoms with Crippen molar-refractivity contribution < 1.29 is 4.79 Å². The van der Waals surface area contributed by atoms with Crippen LogP contribution in [-0.2, 0) is 0 Å². The molecule has 0 bridgehead atoms. The predicted molar refractivity (Wildman–Crippen MR) is 73.1 cm³/mol. The number of aromatic amines is 1. The molecule has 1 fully saturated rings. The number of likely N-dealkylation sites (tertiary alicyclic amines) is 1. The van der Waals surface area contributed by atoms with E-state index in [2.05, 4.69) is 11.9 Å². The van der Waals surface area contributed by atoms with Gasteiger partial charge in [-0.2, -0.15) is 0 Å². The maximum Gasteiger partial charge on any atom is 0.270 e. The van der Waals surface area contributed by atoms with Gasteiger partial charge in [-0.05, 0) is 24.8 Å². The molecule has 0 aromatic carbocycles. The molecule has 0 radical (unpaired) electrons. The summed E-state index contributed by atoms with van der Waals surface area (Å²) in [5.74, 6) is 0.347. The largest absolute Gasteiger partial charge is 0.340 e. The maximum absolute atomic E-state index is 12.4. The number of hydrogen-bond acceptors (Lipinski definition) is 2. The molecule has 6 heteroatoms. The third kappa shape index (κ3) is 2.51. The lowest BCUT2D eigenvalue weighted by atomic mass is 9.90. The Morgan fingerprint density at radius 1 is 1.61 bits per heavy atom. The van der Waals surface area contributed by atoms with E-state index in [0.29, 0.717) is 28.3 Å². The molecule has 2 unspecified atom stereocenters. The summed E-state index contributed by atoms with van der Waals surface area (Å²) in [5, 5.41) is 0.670. The first-order valence-corrected chi connectivity index (χ1v) is 6.85. The number of nitrogens with two attached hydrogens (primary N) is 1. The van der Waals surface area contributed by atoms with E-state index in [-0.39, 0.29) is 11.9 Å². The third-order valence-corrected chi connectivity index (χ3v) is 4.27. The number of carbonyl (C=O) groups excluding carboxylic acids is 1. The van der Waals surface area contributed by atoms with Crippen molar-refractivity contribution in [3.63, 3.8) is 0 Å². The van der Waals surface area contributed by atoms with Gasteiger partial charge in [0.15, 0.2) is 0 Å². The van der Waals surface area contributed by atoms with Crippen LogP contribution in [0.2, 0.25) is 10.2 Å². The number of piperidine rings is 1. The summed E-state index contributed by atoms with van der Waals surface area (Å²) in [5.41, 5.74) is 6.21. The maximum atomic E-state index is 12.4. The lowest BCUT2D eigenvalue weighted by molar-refractivity contribution is 0.0527. The lowest BCUT2D eigenvalue weighted by Crippen LogP contribution is -2.51. The van der Waals surface area contributed by atoms with Crippen molar-refractivity contribution in [3.05, 3.63) is 21.9 Å². The zero-order valence-electron chi connectivity index (χ0n) is 10.2. The molecule has 1 aliphatic heterocycles. The van der Waals surface area contributed by atoms with Crippen LogP contribution in [0.25, 0.3) is 0 Å². The van der Waals surface area contributed by atoms with Crippen LogP contribution in [0, 0.1) is 5.92 Å². The van der Waals surface area contributed by atoms with Crippen molar-refractivity contribution in [1.29, 1.82) is 0 Å². The number of H-pyrrole nitrogens is 1. The van der Waals surface area contributed by atoms with Crippen molar-refractivity contribution in [1.82, 2.24) is 9.88 Å². The molecule has 1 aliphatic rings. The number of halogens is 2. The second kappa shape index (κ2) is 5.51. The second-order valence-corrected chi connectivity index (χ2v) is 5.55. The summed E-state index contributed by atoms with van der Waals surface area (Å²) in [6.45, 7) is 3.35. The number of nitrogens with zero attached hydrogens (tertiary/aromatic N) is 1. The molecule has 1 aromatic heterocycles. The van der Waals surface area contributed by atoms with Gasteiger partial charge in [0.2, 0.25) is 0 Å². The van der Waals surface area contributed by atoms with Gasteiger partial charge in [-0.1, -0.05) is 30.1 Å². The van der Waals surface area contributed by atoms with Crippen molar-refractivity contribution in [2.45, 2.75) is 25.8 Å². The van der Waals surface area contributed by atoms with Crippen LogP contribution in [0.1, 0.15) is 30.3 Å². The molecule has 0 aliphatic carbocycles. The Kier molecular flexibility index (Phi) is 4.20. The average molecular weight is 290 g/mol. The monoisotopic (exact) mass is 289 g/mol. The number of rotatable bonds is 2. The van der Waals surface area contributed by atoms with Gasteiger partial charge in [0.25, 0.3) is 5.91 Å². The Morgan fingerprint density at radius 2 is 2.33 bits per heavy atom. The van der Waals surface area contributed by atoms with Crippen LogP contribution in [0.5, 0.6) is 0 Å².